The zero-order chi connectivity index (χ0) is 17.8. The van der Waals surface area contributed by atoms with E-state index in [2.05, 4.69) is 4.98 Å². The Bertz CT molecular complexity index is 741. The topological polar surface area (TPSA) is 97.9 Å². The molecule has 1 fully saturated rings. The van der Waals surface area contributed by atoms with E-state index in [9.17, 15) is 14.7 Å². The maximum Gasteiger partial charge on any atom is 0.355 e. The number of esters is 1. The maximum atomic E-state index is 12.2. The molecule has 0 unspecified atom stereocenters. The van der Waals surface area contributed by atoms with Crippen LogP contribution in [0.25, 0.3) is 0 Å². The van der Waals surface area contributed by atoms with Gasteiger partial charge in [-0.05, 0) is 6.92 Å². The lowest BCUT2D eigenvalue weighted by Crippen LogP contribution is -2.35. The summed E-state index contributed by atoms with van der Waals surface area (Å²) in [4.78, 5) is 26.3. The molecule has 2 heterocycles. The van der Waals surface area contributed by atoms with Gasteiger partial charge in [0.2, 0.25) is 0 Å². The van der Waals surface area contributed by atoms with Crippen LogP contribution in [0.2, 0.25) is 0 Å². The standard InChI is InChI=1S/C18H19NO6/c1-2-23-17(22)15-14(12(9-20)8-19-15)16-13(21)10-24-18(25-16)11-6-4-3-5-7-11/h3-9,13,16,18-19,21H,2,10H2,1H3/t13-,16-,18-/m1/s1. The molecule has 0 amide bonds. The van der Waals surface area contributed by atoms with Crippen molar-refractivity contribution in [2.75, 3.05) is 13.2 Å². The normalized spacial score (nSPS) is 23.2. The van der Waals surface area contributed by atoms with Gasteiger partial charge in [-0.2, -0.15) is 0 Å². The number of carbonyl (C=O) groups is 2. The Morgan fingerprint density at radius 2 is 2.16 bits per heavy atom. The second kappa shape index (κ2) is 7.60. The summed E-state index contributed by atoms with van der Waals surface area (Å²) < 4.78 is 16.4. The number of benzene rings is 1. The second-order valence-corrected chi connectivity index (χ2v) is 5.57. The smallest absolute Gasteiger partial charge is 0.355 e. The third-order valence-corrected chi connectivity index (χ3v) is 3.95. The van der Waals surface area contributed by atoms with E-state index in [-0.39, 0.29) is 30.0 Å². The second-order valence-electron chi connectivity index (χ2n) is 5.57. The van der Waals surface area contributed by atoms with Gasteiger partial charge in [0.05, 0.1) is 13.2 Å². The third-order valence-electron chi connectivity index (χ3n) is 3.95. The van der Waals surface area contributed by atoms with Crippen molar-refractivity contribution in [1.29, 1.82) is 0 Å². The number of hydrogen-bond donors (Lipinski definition) is 2. The van der Waals surface area contributed by atoms with E-state index in [0.717, 1.165) is 5.56 Å². The number of aliphatic hydroxyl groups is 1. The summed E-state index contributed by atoms with van der Waals surface area (Å²) in [5, 5.41) is 10.3. The first-order valence-corrected chi connectivity index (χ1v) is 7.99. The van der Waals surface area contributed by atoms with E-state index in [0.29, 0.717) is 6.29 Å². The van der Waals surface area contributed by atoms with Crippen molar-refractivity contribution >= 4 is 12.3 Å². The van der Waals surface area contributed by atoms with Gasteiger partial charge in [0.25, 0.3) is 0 Å². The number of nitrogens with one attached hydrogen (secondary N) is 1. The van der Waals surface area contributed by atoms with E-state index in [1.807, 2.05) is 30.3 Å². The number of H-pyrrole nitrogens is 1. The van der Waals surface area contributed by atoms with Gasteiger partial charge in [0.1, 0.15) is 17.9 Å². The molecular weight excluding hydrogens is 326 g/mol. The van der Waals surface area contributed by atoms with Crippen LogP contribution in [-0.2, 0) is 14.2 Å². The summed E-state index contributed by atoms with van der Waals surface area (Å²) in [7, 11) is 0. The molecule has 1 aromatic carbocycles. The molecule has 0 bridgehead atoms. The van der Waals surface area contributed by atoms with Gasteiger partial charge < -0.3 is 24.3 Å². The number of ether oxygens (including phenoxy) is 3. The van der Waals surface area contributed by atoms with Gasteiger partial charge in [-0.25, -0.2) is 4.79 Å². The van der Waals surface area contributed by atoms with Crippen molar-refractivity contribution in [3.8, 4) is 0 Å². The van der Waals surface area contributed by atoms with Crippen LogP contribution >= 0.6 is 0 Å². The lowest BCUT2D eigenvalue weighted by atomic mass is 9.99. The first-order chi connectivity index (χ1) is 12.2. The largest absolute Gasteiger partial charge is 0.461 e. The minimum Gasteiger partial charge on any atom is -0.461 e. The molecule has 3 atom stereocenters. The van der Waals surface area contributed by atoms with Crippen molar-refractivity contribution in [2.45, 2.75) is 25.4 Å². The summed E-state index contributed by atoms with van der Waals surface area (Å²) in [6, 6.07) is 9.24. The van der Waals surface area contributed by atoms with Crippen LogP contribution in [-0.4, -0.2) is 41.7 Å². The number of aldehydes is 1. The van der Waals surface area contributed by atoms with Crippen LogP contribution in [0.3, 0.4) is 0 Å². The highest BCUT2D eigenvalue weighted by Gasteiger charge is 2.37. The highest BCUT2D eigenvalue weighted by Crippen LogP contribution is 2.37. The van der Waals surface area contributed by atoms with Crippen LogP contribution in [0.1, 0.15) is 51.3 Å². The lowest BCUT2D eigenvalue weighted by Gasteiger charge is -2.34. The Morgan fingerprint density at radius 1 is 1.40 bits per heavy atom. The average Bonchev–Trinajstić information content (AvgIpc) is 3.07. The van der Waals surface area contributed by atoms with Crippen LogP contribution in [0, 0.1) is 0 Å². The van der Waals surface area contributed by atoms with Gasteiger partial charge in [0.15, 0.2) is 12.6 Å². The fourth-order valence-electron chi connectivity index (χ4n) is 2.81. The van der Waals surface area contributed by atoms with Crippen LogP contribution in [0.4, 0.5) is 0 Å². The molecule has 3 rings (SSSR count). The molecule has 1 aliphatic heterocycles. The number of rotatable bonds is 5. The zero-order valence-electron chi connectivity index (χ0n) is 13.7. The predicted molar refractivity (Wildman–Crippen MR) is 87.1 cm³/mol. The lowest BCUT2D eigenvalue weighted by molar-refractivity contribution is -0.259. The van der Waals surface area contributed by atoms with Crippen LogP contribution < -0.4 is 0 Å². The highest BCUT2D eigenvalue weighted by molar-refractivity contribution is 5.93. The fourth-order valence-corrected chi connectivity index (χ4v) is 2.81. The maximum absolute atomic E-state index is 12.2. The molecule has 0 aliphatic carbocycles. The van der Waals surface area contributed by atoms with Crippen molar-refractivity contribution in [1.82, 2.24) is 4.98 Å². The van der Waals surface area contributed by atoms with Gasteiger partial charge in [-0.1, -0.05) is 30.3 Å². The molecule has 1 saturated heterocycles. The van der Waals surface area contributed by atoms with E-state index in [4.69, 9.17) is 14.2 Å². The molecule has 1 aliphatic rings. The van der Waals surface area contributed by atoms with Gasteiger partial charge in [-0.3, -0.25) is 4.79 Å². The Balaban J connectivity index is 1.94. The molecule has 132 valence electrons. The summed E-state index contributed by atoms with van der Waals surface area (Å²) in [5.74, 6) is -0.607. The van der Waals surface area contributed by atoms with Gasteiger partial charge >= 0.3 is 5.97 Å². The zero-order valence-corrected chi connectivity index (χ0v) is 13.7. The molecule has 2 N–H and O–H groups in total. The Morgan fingerprint density at radius 3 is 2.84 bits per heavy atom. The summed E-state index contributed by atoms with van der Waals surface area (Å²) in [6.07, 6.45) is -0.624. The number of hydrogen-bond acceptors (Lipinski definition) is 6. The average molecular weight is 345 g/mol. The quantitative estimate of drug-likeness (QED) is 0.636. The fraction of sp³-hybridized carbons (Fsp3) is 0.333. The minimum atomic E-state index is -1.03. The SMILES string of the molecule is CCOC(=O)c1[nH]cc(C=O)c1[C@@H]1O[C@H](c2ccccc2)OC[C@H]1O. The number of carbonyl (C=O) groups excluding carboxylic acids is 2. The monoisotopic (exact) mass is 345 g/mol. The van der Waals surface area contributed by atoms with E-state index in [1.54, 1.807) is 6.92 Å². The molecule has 1 aromatic heterocycles. The minimum absolute atomic E-state index is 0.00989. The molecule has 25 heavy (non-hydrogen) atoms. The van der Waals surface area contributed by atoms with Crippen LogP contribution in [0.5, 0.6) is 0 Å². The first-order valence-electron chi connectivity index (χ1n) is 7.99. The summed E-state index contributed by atoms with van der Waals surface area (Å²) in [6.45, 7) is 1.89. The predicted octanol–water partition coefficient (Wildman–Crippen LogP) is 2.15. The Labute approximate surface area is 144 Å². The van der Waals surface area contributed by atoms with Crippen molar-refractivity contribution in [3.63, 3.8) is 0 Å². The molecule has 2 aromatic rings. The third kappa shape index (κ3) is 3.48. The highest BCUT2D eigenvalue weighted by atomic mass is 16.7. The van der Waals surface area contributed by atoms with Crippen molar-refractivity contribution < 1.29 is 28.9 Å². The molecule has 0 radical (unpaired) electrons. The molecule has 7 heteroatoms. The number of aliphatic hydroxyl groups excluding tert-OH is 1. The van der Waals surface area contributed by atoms with Crippen LogP contribution in [0.15, 0.2) is 36.5 Å². The van der Waals surface area contributed by atoms with E-state index < -0.39 is 24.5 Å². The Kier molecular flexibility index (Phi) is 5.28. The van der Waals surface area contributed by atoms with Gasteiger partial charge in [-0.15, -0.1) is 0 Å². The van der Waals surface area contributed by atoms with E-state index >= 15 is 0 Å². The molecule has 0 spiro atoms. The van der Waals surface area contributed by atoms with Gasteiger partial charge in [0, 0.05) is 22.9 Å². The molecular formula is C18H19NO6. The van der Waals surface area contributed by atoms with Crippen molar-refractivity contribution in [2.24, 2.45) is 0 Å². The summed E-state index contributed by atoms with van der Waals surface area (Å²) in [5.41, 5.74) is 1.40. The number of aromatic amines is 1. The van der Waals surface area contributed by atoms with Crippen molar-refractivity contribution in [3.05, 3.63) is 58.9 Å². The molecule has 0 saturated carbocycles. The Hall–Kier alpha value is -2.48. The molecule has 7 nitrogen and oxygen atoms in total. The summed E-state index contributed by atoms with van der Waals surface area (Å²) >= 11 is 0. The first kappa shape index (κ1) is 17.3. The number of aromatic nitrogens is 1. The van der Waals surface area contributed by atoms with E-state index in [1.165, 1.54) is 6.20 Å².